The Morgan fingerprint density at radius 1 is 1.24 bits per heavy atom. The van der Waals surface area contributed by atoms with Gasteiger partial charge in [0.1, 0.15) is 18.1 Å². The number of carbonyl (C=O) groups is 1. The third-order valence-electron chi connectivity index (χ3n) is 3.41. The van der Waals surface area contributed by atoms with Crippen LogP contribution in [-0.4, -0.2) is 26.2 Å². The fourth-order valence-corrected chi connectivity index (χ4v) is 2.40. The third-order valence-corrected chi connectivity index (χ3v) is 3.41. The maximum absolute atomic E-state index is 13.0. The fourth-order valence-electron chi connectivity index (χ4n) is 2.40. The van der Waals surface area contributed by atoms with Gasteiger partial charge >= 0.3 is 0 Å². The molecule has 1 amide bonds. The minimum absolute atomic E-state index is 0.108. The zero-order valence-corrected chi connectivity index (χ0v) is 14.3. The smallest absolute Gasteiger partial charge is 0.274 e. The number of carbonyl (C=O) groups excluding carboxylic acids is 1. The van der Waals surface area contributed by atoms with E-state index in [1.54, 1.807) is 29.0 Å². The highest BCUT2D eigenvalue weighted by atomic mass is 19.1. The molecule has 1 aromatic carbocycles. The van der Waals surface area contributed by atoms with Crippen molar-refractivity contribution in [3.05, 3.63) is 48.4 Å². The zero-order chi connectivity index (χ0) is 18.0. The minimum atomic E-state index is -0.328. The topological polar surface area (TPSA) is 73.0 Å². The number of halogens is 1. The summed E-state index contributed by atoms with van der Waals surface area (Å²) in [6, 6.07) is 9.45. The molecule has 0 saturated carbocycles. The molecule has 0 saturated heterocycles. The molecule has 0 unspecified atom stereocenters. The molecule has 7 heteroatoms. The molecule has 2 aromatic heterocycles. The van der Waals surface area contributed by atoms with Gasteiger partial charge in [-0.25, -0.2) is 4.39 Å². The standard InChI is InChI=1S/C18H19FN4O2/c1-18(2,3)21-15(24)11-23-10-4-5-14(23)17-20-16(22-25-17)12-6-8-13(19)9-7-12/h4-10H,11H2,1-3H3,(H,21,24). The Hall–Kier alpha value is -2.96. The second kappa shape index (κ2) is 6.51. The van der Waals surface area contributed by atoms with Crippen LogP contribution in [-0.2, 0) is 11.3 Å². The number of rotatable bonds is 4. The second-order valence-corrected chi connectivity index (χ2v) is 6.75. The first-order valence-corrected chi connectivity index (χ1v) is 7.88. The average Bonchev–Trinajstić information content (AvgIpc) is 3.14. The van der Waals surface area contributed by atoms with E-state index in [9.17, 15) is 9.18 Å². The van der Waals surface area contributed by atoms with E-state index in [0.29, 0.717) is 23.0 Å². The first kappa shape index (κ1) is 16.9. The normalized spacial score (nSPS) is 11.5. The number of aromatic nitrogens is 3. The lowest BCUT2D eigenvalue weighted by atomic mass is 10.1. The summed E-state index contributed by atoms with van der Waals surface area (Å²) in [5.74, 6) is 0.226. The van der Waals surface area contributed by atoms with E-state index in [2.05, 4.69) is 15.5 Å². The van der Waals surface area contributed by atoms with Crippen LogP contribution in [0.1, 0.15) is 20.8 Å². The zero-order valence-electron chi connectivity index (χ0n) is 14.3. The molecule has 0 bridgehead atoms. The molecule has 3 aromatic rings. The van der Waals surface area contributed by atoms with E-state index in [-0.39, 0.29) is 23.8 Å². The first-order valence-electron chi connectivity index (χ1n) is 7.88. The van der Waals surface area contributed by atoms with Crippen LogP contribution in [0, 0.1) is 5.82 Å². The summed E-state index contributed by atoms with van der Waals surface area (Å²) < 4.78 is 20.1. The van der Waals surface area contributed by atoms with E-state index >= 15 is 0 Å². The molecular formula is C18H19FN4O2. The average molecular weight is 342 g/mol. The Balaban J connectivity index is 1.81. The lowest BCUT2D eigenvalue weighted by Crippen LogP contribution is -2.42. The maximum Gasteiger partial charge on any atom is 0.274 e. The van der Waals surface area contributed by atoms with Gasteiger partial charge in [-0.15, -0.1) is 0 Å². The highest BCUT2D eigenvalue weighted by Gasteiger charge is 2.18. The molecule has 0 aliphatic carbocycles. The predicted molar refractivity (Wildman–Crippen MR) is 91.0 cm³/mol. The van der Waals surface area contributed by atoms with Crippen LogP contribution < -0.4 is 5.32 Å². The summed E-state index contributed by atoms with van der Waals surface area (Å²) in [6.45, 7) is 5.92. The minimum Gasteiger partial charge on any atom is -0.350 e. The van der Waals surface area contributed by atoms with E-state index < -0.39 is 0 Å². The SMILES string of the molecule is CC(C)(C)NC(=O)Cn1cccc1-c1nc(-c2ccc(F)cc2)no1. The Morgan fingerprint density at radius 2 is 1.96 bits per heavy atom. The molecule has 0 radical (unpaired) electrons. The van der Waals surface area contributed by atoms with Gasteiger partial charge in [-0.3, -0.25) is 4.79 Å². The third kappa shape index (κ3) is 4.12. The van der Waals surface area contributed by atoms with Crippen LogP contribution in [0.2, 0.25) is 0 Å². The Bertz CT molecular complexity index is 875. The predicted octanol–water partition coefficient (Wildman–Crippen LogP) is 3.26. The number of hydrogen-bond acceptors (Lipinski definition) is 4. The highest BCUT2D eigenvalue weighted by Crippen LogP contribution is 2.23. The van der Waals surface area contributed by atoms with Crippen molar-refractivity contribution < 1.29 is 13.7 Å². The summed E-state index contributed by atoms with van der Waals surface area (Å²) in [7, 11) is 0. The van der Waals surface area contributed by atoms with Crippen molar-refractivity contribution in [3.63, 3.8) is 0 Å². The largest absolute Gasteiger partial charge is 0.350 e. The summed E-state index contributed by atoms with van der Waals surface area (Å²) in [5, 5.41) is 6.84. The number of nitrogens with one attached hydrogen (secondary N) is 1. The molecule has 2 heterocycles. The summed E-state index contributed by atoms with van der Waals surface area (Å²) in [4.78, 5) is 16.5. The van der Waals surface area contributed by atoms with Gasteiger partial charge in [0.05, 0.1) is 0 Å². The van der Waals surface area contributed by atoms with Crippen molar-refractivity contribution in [3.8, 4) is 23.0 Å². The number of benzene rings is 1. The van der Waals surface area contributed by atoms with Crippen molar-refractivity contribution in [1.82, 2.24) is 20.0 Å². The molecular weight excluding hydrogens is 323 g/mol. The van der Waals surface area contributed by atoms with Gasteiger partial charge in [-0.05, 0) is 57.2 Å². The molecule has 3 rings (SSSR count). The van der Waals surface area contributed by atoms with Crippen molar-refractivity contribution in [2.24, 2.45) is 0 Å². The van der Waals surface area contributed by atoms with Gasteiger partial charge in [0, 0.05) is 17.3 Å². The molecule has 0 fully saturated rings. The van der Waals surface area contributed by atoms with Crippen molar-refractivity contribution in [2.75, 3.05) is 0 Å². The van der Waals surface area contributed by atoms with Crippen LogP contribution in [0.4, 0.5) is 4.39 Å². The highest BCUT2D eigenvalue weighted by molar-refractivity contribution is 5.77. The van der Waals surface area contributed by atoms with E-state index in [1.807, 2.05) is 26.8 Å². The molecule has 130 valence electrons. The van der Waals surface area contributed by atoms with E-state index in [4.69, 9.17) is 4.52 Å². The summed E-state index contributed by atoms with van der Waals surface area (Å²) >= 11 is 0. The molecule has 0 spiro atoms. The fraction of sp³-hybridized carbons (Fsp3) is 0.278. The Morgan fingerprint density at radius 3 is 2.64 bits per heavy atom. The van der Waals surface area contributed by atoms with E-state index in [1.165, 1.54) is 12.1 Å². The second-order valence-electron chi connectivity index (χ2n) is 6.75. The van der Waals surface area contributed by atoms with Gasteiger partial charge in [-0.2, -0.15) is 4.98 Å². The Labute approximate surface area is 144 Å². The Kier molecular flexibility index (Phi) is 4.39. The monoisotopic (exact) mass is 342 g/mol. The van der Waals surface area contributed by atoms with Gasteiger partial charge in [0.2, 0.25) is 11.7 Å². The molecule has 25 heavy (non-hydrogen) atoms. The van der Waals surface area contributed by atoms with Crippen LogP contribution >= 0.6 is 0 Å². The molecule has 0 atom stereocenters. The molecule has 0 aliphatic rings. The van der Waals surface area contributed by atoms with Crippen LogP contribution in [0.5, 0.6) is 0 Å². The van der Waals surface area contributed by atoms with Crippen LogP contribution in [0.3, 0.4) is 0 Å². The number of nitrogens with zero attached hydrogens (tertiary/aromatic N) is 3. The first-order chi connectivity index (χ1) is 11.8. The molecule has 0 aliphatic heterocycles. The van der Waals surface area contributed by atoms with Crippen LogP contribution in [0.15, 0.2) is 47.1 Å². The molecule has 6 nitrogen and oxygen atoms in total. The maximum atomic E-state index is 13.0. The van der Waals surface area contributed by atoms with Crippen LogP contribution in [0.25, 0.3) is 23.0 Å². The van der Waals surface area contributed by atoms with Crippen molar-refractivity contribution >= 4 is 5.91 Å². The van der Waals surface area contributed by atoms with Gasteiger partial charge in [0.15, 0.2) is 0 Å². The van der Waals surface area contributed by atoms with Gasteiger partial charge < -0.3 is 14.4 Å². The summed E-state index contributed by atoms with van der Waals surface area (Å²) in [5.41, 5.74) is 0.995. The van der Waals surface area contributed by atoms with E-state index in [0.717, 1.165) is 0 Å². The number of amides is 1. The molecule has 1 N–H and O–H groups in total. The summed E-state index contributed by atoms with van der Waals surface area (Å²) in [6.07, 6.45) is 1.78. The quantitative estimate of drug-likeness (QED) is 0.790. The number of hydrogen-bond donors (Lipinski definition) is 1. The van der Waals surface area contributed by atoms with Crippen molar-refractivity contribution in [1.29, 1.82) is 0 Å². The van der Waals surface area contributed by atoms with Gasteiger partial charge in [0.25, 0.3) is 5.89 Å². The van der Waals surface area contributed by atoms with Gasteiger partial charge in [-0.1, -0.05) is 5.16 Å². The van der Waals surface area contributed by atoms with Crippen molar-refractivity contribution in [2.45, 2.75) is 32.9 Å². The lowest BCUT2D eigenvalue weighted by molar-refractivity contribution is -0.123. The lowest BCUT2D eigenvalue weighted by Gasteiger charge is -2.20.